The predicted octanol–water partition coefficient (Wildman–Crippen LogP) is 3.70. The van der Waals surface area contributed by atoms with Crippen molar-refractivity contribution in [3.63, 3.8) is 0 Å². The van der Waals surface area contributed by atoms with Crippen molar-refractivity contribution in [3.8, 4) is 5.75 Å². The summed E-state index contributed by atoms with van der Waals surface area (Å²) in [7, 11) is 0. The largest absolute Gasteiger partial charge is 0.484 e. The number of aromatic nitrogens is 1. The van der Waals surface area contributed by atoms with Crippen LogP contribution in [-0.2, 0) is 13.0 Å². The van der Waals surface area contributed by atoms with Gasteiger partial charge in [-0.05, 0) is 18.2 Å². The highest BCUT2D eigenvalue weighted by Gasteiger charge is 2.23. The Morgan fingerprint density at radius 1 is 1.12 bits per heavy atom. The lowest BCUT2D eigenvalue weighted by atomic mass is 10.1. The fourth-order valence-electron chi connectivity index (χ4n) is 3.48. The van der Waals surface area contributed by atoms with Gasteiger partial charge in [-0.25, -0.2) is 0 Å². The number of ketones is 1. The van der Waals surface area contributed by atoms with E-state index in [0.717, 1.165) is 48.2 Å². The maximum absolute atomic E-state index is 13.0. The van der Waals surface area contributed by atoms with Crippen molar-refractivity contribution < 1.29 is 9.53 Å². The Balaban J connectivity index is 1.69. The van der Waals surface area contributed by atoms with Gasteiger partial charge in [0.25, 0.3) is 0 Å². The van der Waals surface area contributed by atoms with Gasteiger partial charge in [-0.1, -0.05) is 41.9 Å². The minimum atomic E-state index is -0.0157. The zero-order valence-corrected chi connectivity index (χ0v) is 14.6. The topological polar surface area (TPSA) is 43.3 Å². The van der Waals surface area contributed by atoms with Crippen LogP contribution in [0.4, 0.5) is 0 Å². The van der Waals surface area contributed by atoms with E-state index in [1.165, 1.54) is 0 Å². The molecule has 0 spiro atoms. The molecule has 0 atom stereocenters. The molecule has 2 aromatic carbocycles. The number of para-hydroxylation sites is 2. The number of halogens is 1. The van der Waals surface area contributed by atoms with Crippen LogP contribution < -0.4 is 10.1 Å². The molecule has 4 nitrogen and oxygen atoms in total. The number of benzene rings is 2. The molecule has 128 valence electrons. The van der Waals surface area contributed by atoms with Crippen molar-refractivity contribution >= 4 is 28.3 Å². The third kappa shape index (κ3) is 3.03. The quantitative estimate of drug-likeness (QED) is 0.726. The first-order chi connectivity index (χ1) is 12.3. The highest BCUT2D eigenvalue weighted by Crippen LogP contribution is 2.29. The maximum Gasteiger partial charge on any atom is 0.202 e. The number of rotatable bonds is 4. The molecule has 25 heavy (non-hydrogen) atoms. The second-order valence-electron chi connectivity index (χ2n) is 6.13. The fourth-order valence-corrected chi connectivity index (χ4v) is 3.67. The highest BCUT2D eigenvalue weighted by molar-refractivity contribution is 6.32. The number of Topliss-reactive ketones (excluding diaryl/α,β-unsaturated/α-hetero) is 1. The van der Waals surface area contributed by atoms with Crippen LogP contribution in [-0.4, -0.2) is 30.0 Å². The van der Waals surface area contributed by atoms with E-state index in [1.54, 1.807) is 12.1 Å². The van der Waals surface area contributed by atoms with Crippen LogP contribution in [0.15, 0.2) is 48.5 Å². The van der Waals surface area contributed by atoms with E-state index in [1.807, 2.05) is 30.3 Å². The zero-order valence-electron chi connectivity index (χ0n) is 13.8. The molecule has 0 amide bonds. The maximum atomic E-state index is 13.0. The Morgan fingerprint density at radius 2 is 1.92 bits per heavy atom. The summed E-state index contributed by atoms with van der Waals surface area (Å²) in [6.45, 7) is 2.64. The van der Waals surface area contributed by atoms with E-state index in [4.69, 9.17) is 16.3 Å². The van der Waals surface area contributed by atoms with Crippen LogP contribution in [0, 0.1) is 0 Å². The fraction of sp³-hybridized carbons (Fsp3) is 0.250. The van der Waals surface area contributed by atoms with E-state index < -0.39 is 0 Å². The number of ether oxygens (including phenoxy) is 1. The summed E-state index contributed by atoms with van der Waals surface area (Å²) >= 11 is 6.12. The van der Waals surface area contributed by atoms with Gasteiger partial charge in [0.2, 0.25) is 5.78 Å². The molecule has 0 bridgehead atoms. The van der Waals surface area contributed by atoms with Gasteiger partial charge in [-0.3, -0.25) is 4.79 Å². The Bertz CT molecular complexity index is 933. The molecular formula is C20H19ClN2O2. The molecule has 1 aliphatic rings. The van der Waals surface area contributed by atoms with Gasteiger partial charge < -0.3 is 14.6 Å². The molecular weight excluding hydrogens is 336 g/mol. The van der Waals surface area contributed by atoms with Gasteiger partial charge in [0, 0.05) is 42.7 Å². The van der Waals surface area contributed by atoms with Gasteiger partial charge in [0.1, 0.15) is 5.75 Å². The lowest BCUT2D eigenvalue weighted by Gasteiger charge is -2.09. The van der Waals surface area contributed by atoms with E-state index in [-0.39, 0.29) is 12.4 Å². The third-order valence-electron chi connectivity index (χ3n) is 4.60. The van der Waals surface area contributed by atoms with Gasteiger partial charge >= 0.3 is 0 Å². The second-order valence-corrected chi connectivity index (χ2v) is 6.54. The molecule has 5 heteroatoms. The number of nitrogens with zero attached hydrogens (tertiary/aromatic N) is 1. The number of carbonyl (C=O) groups is 1. The van der Waals surface area contributed by atoms with Gasteiger partial charge in [-0.2, -0.15) is 0 Å². The number of nitrogens with one attached hydrogen (secondary N) is 1. The number of hydrogen-bond donors (Lipinski definition) is 1. The number of fused-ring (bicyclic) bond motifs is 3. The molecule has 2 heterocycles. The van der Waals surface area contributed by atoms with Crippen molar-refractivity contribution in [2.45, 2.75) is 13.0 Å². The summed E-state index contributed by atoms with van der Waals surface area (Å²) in [5, 5.41) is 4.92. The summed E-state index contributed by atoms with van der Waals surface area (Å²) in [5.41, 5.74) is 2.99. The lowest BCUT2D eigenvalue weighted by molar-refractivity contribution is 0.0922. The molecule has 1 aromatic heterocycles. The van der Waals surface area contributed by atoms with Crippen molar-refractivity contribution in [1.82, 2.24) is 9.88 Å². The third-order valence-corrected chi connectivity index (χ3v) is 4.92. The standard InChI is InChI=1S/C20H19ClN2O2/c21-15-6-2-4-8-19(15)25-13-18(24)20-14-5-1-3-7-16(14)23-12-11-22-10-9-17(20)23/h1-8,22H,9-13H2. The summed E-state index contributed by atoms with van der Waals surface area (Å²) in [4.78, 5) is 13.0. The monoisotopic (exact) mass is 354 g/mol. The SMILES string of the molecule is O=C(COc1ccccc1Cl)c1c2n(c3ccccc13)CCNCC2. The minimum Gasteiger partial charge on any atom is -0.484 e. The minimum absolute atomic E-state index is 0.00762. The number of hydrogen-bond acceptors (Lipinski definition) is 3. The Kier molecular flexibility index (Phi) is 4.47. The van der Waals surface area contributed by atoms with E-state index in [9.17, 15) is 4.79 Å². The van der Waals surface area contributed by atoms with Gasteiger partial charge in [0.15, 0.2) is 6.61 Å². The van der Waals surface area contributed by atoms with Crippen molar-refractivity contribution in [3.05, 3.63) is 64.8 Å². The van der Waals surface area contributed by atoms with Crippen LogP contribution in [0.25, 0.3) is 10.9 Å². The van der Waals surface area contributed by atoms with Crippen LogP contribution in [0.2, 0.25) is 5.02 Å². The second kappa shape index (κ2) is 6.90. The summed E-state index contributed by atoms with van der Waals surface area (Å²) in [6.07, 6.45) is 0.835. The van der Waals surface area contributed by atoms with Crippen molar-refractivity contribution in [2.75, 3.05) is 19.7 Å². The number of carbonyl (C=O) groups excluding carboxylic acids is 1. The molecule has 0 aliphatic carbocycles. The Morgan fingerprint density at radius 3 is 2.80 bits per heavy atom. The van der Waals surface area contributed by atoms with Gasteiger partial charge in [-0.15, -0.1) is 0 Å². The zero-order chi connectivity index (χ0) is 17.2. The lowest BCUT2D eigenvalue weighted by Crippen LogP contribution is -2.17. The van der Waals surface area contributed by atoms with Crippen molar-refractivity contribution in [1.29, 1.82) is 0 Å². The van der Waals surface area contributed by atoms with Crippen LogP contribution >= 0.6 is 11.6 Å². The molecule has 0 radical (unpaired) electrons. The molecule has 0 saturated carbocycles. The van der Waals surface area contributed by atoms with E-state index in [2.05, 4.69) is 16.0 Å². The smallest absolute Gasteiger partial charge is 0.202 e. The first-order valence-electron chi connectivity index (χ1n) is 8.47. The first-order valence-corrected chi connectivity index (χ1v) is 8.85. The van der Waals surface area contributed by atoms with E-state index in [0.29, 0.717) is 10.8 Å². The van der Waals surface area contributed by atoms with Crippen LogP contribution in [0.1, 0.15) is 16.1 Å². The van der Waals surface area contributed by atoms with E-state index >= 15 is 0 Å². The molecule has 3 aromatic rings. The van der Waals surface area contributed by atoms with Crippen LogP contribution in [0.3, 0.4) is 0 Å². The molecule has 1 N–H and O–H groups in total. The molecule has 1 aliphatic heterocycles. The van der Waals surface area contributed by atoms with Crippen LogP contribution in [0.5, 0.6) is 5.75 Å². The highest BCUT2D eigenvalue weighted by atomic mass is 35.5. The predicted molar refractivity (Wildman–Crippen MR) is 99.8 cm³/mol. The molecule has 0 unspecified atom stereocenters. The normalized spacial score (nSPS) is 14.1. The van der Waals surface area contributed by atoms with Crippen molar-refractivity contribution in [2.24, 2.45) is 0 Å². The molecule has 4 rings (SSSR count). The average Bonchev–Trinajstić information content (AvgIpc) is 2.78. The van der Waals surface area contributed by atoms with Gasteiger partial charge in [0.05, 0.1) is 10.6 Å². The average molecular weight is 355 g/mol. The first kappa shape index (κ1) is 16.2. The molecule has 0 fully saturated rings. The molecule has 0 saturated heterocycles. The summed E-state index contributed by atoms with van der Waals surface area (Å²) < 4.78 is 7.95. The summed E-state index contributed by atoms with van der Waals surface area (Å²) in [6, 6.07) is 15.3. The Labute approximate surface area is 151 Å². The summed E-state index contributed by atoms with van der Waals surface area (Å²) in [5.74, 6) is 0.528. The Hall–Kier alpha value is -2.30.